The Morgan fingerprint density at radius 2 is 2.07 bits per heavy atom. The maximum Gasteiger partial charge on any atom is 0.244 e. The molecule has 0 aliphatic carbocycles. The highest BCUT2D eigenvalue weighted by Gasteiger charge is 2.17. The van der Waals surface area contributed by atoms with Gasteiger partial charge in [-0.3, -0.25) is 4.79 Å². The molecule has 27 heavy (non-hydrogen) atoms. The van der Waals surface area contributed by atoms with E-state index in [0.29, 0.717) is 24.4 Å². The molecule has 7 heteroatoms. The number of aromatic nitrogens is 3. The molecule has 0 fully saturated rings. The maximum absolute atomic E-state index is 13.8. The third-order valence-corrected chi connectivity index (χ3v) is 4.10. The van der Waals surface area contributed by atoms with Gasteiger partial charge in [0.05, 0.1) is 12.7 Å². The average molecular weight is 368 g/mol. The second-order valence-electron chi connectivity index (χ2n) is 6.20. The summed E-state index contributed by atoms with van der Waals surface area (Å²) in [5, 5.41) is 10.7. The standard InChI is InChI=1S/C20H21FN4O2/c1-14-6-5-7-16(12-14)27-11-10-22-20(26)15(2)25-13-19(23-24-25)17-8-3-4-9-18(17)21/h3-9,12-13,15H,10-11H2,1-2H3,(H,22,26). The van der Waals surface area contributed by atoms with E-state index in [2.05, 4.69) is 15.6 Å². The van der Waals surface area contributed by atoms with Crippen molar-refractivity contribution in [2.24, 2.45) is 0 Å². The number of carbonyl (C=O) groups is 1. The minimum atomic E-state index is -0.572. The van der Waals surface area contributed by atoms with Gasteiger partial charge in [0.25, 0.3) is 0 Å². The summed E-state index contributed by atoms with van der Waals surface area (Å²) < 4.78 is 20.9. The molecule has 1 amide bonds. The summed E-state index contributed by atoms with van der Waals surface area (Å²) in [4.78, 5) is 12.3. The molecule has 3 aromatic rings. The number of rotatable bonds is 7. The molecule has 1 atom stereocenters. The smallest absolute Gasteiger partial charge is 0.244 e. The number of halogens is 1. The summed E-state index contributed by atoms with van der Waals surface area (Å²) in [5.74, 6) is 0.172. The Labute approximate surface area is 157 Å². The van der Waals surface area contributed by atoms with Crippen LogP contribution in [0.1, 0.15) is 18.5 Å². The number of hydrogen-bond acceptors (Lipinski definition) is 4. The summed E-state index contributed by atoms with van der Waals surface area (Å²) >= 11 is 0. The van der Waals surface area contributed by atoms with Gasteiger partial charge in [-0.25, -0.2) is 9.07 Å². The highest BCUT2D eigenvalue weighted by atomic mass is 19.1. The van der Waals surface area contributed by atoms with E-state index in [1.807, 2.05) is 31.2 Å². The van der Waals surface area contributed by atoms with Crippen molar-refractivity contribution in [1.29, 1.82) is 0 Å². The quantitative estimate of drug-likeness (QED) is 0.651. The Hall–Kier alpha value is -3.22. The fourth-order valence-electron chi connectivity index (χ4n) is 2.57. The van der Waals surface area contributed by atoms with Gasteiger partial charge < -0.3 is 10.1 Å². The summed E-state index contributed by atoms with van der Waals surface area (Å²) in [5.41, 5.74) is 1.85. The normalized spacial score (nSPS) is 11.8. The van der Waals surface area contributed by atoms with Crippen molar-refractivity contribution >= 4 is 5.91 Å². The van der Waals surface area contributed by atoms with Crippen molar-refractivity contribution in [2.45, 2.75) is 19.9 Å². The molecule has 3 rings (SSSR count). The molecule has 0 saturated carbocycles. The van der Waals surface area contributed by atoms with E-state index < -0.39 is 6.04 Å². The lowest BCUT2D eigenvalue weighted by atomic mass is 10.1. The van der Waals surface area contributed by atoms with E-state index in [1.165, 1.54) is 10.7 Å². The molecule has 6 nitrogen and oxygen atoms in total. The number of ether oxygens (including phenoxy) is 1. The van der Waals surface area contributed by atoms with Crippen LogP contribution < -0.4 is 10.1 Å². The minimum Gasteiger partial charge on any atom is -0.492 e. The highest BCUT2D eigenvalue weighted by Crippen LogP contribution is 2.20. The third-order valence-electron chi connectivity index (χ3n) is 4.10. The average Bonchev–Trinajstić information content (AvgIpc) is 3.15. The van der Waals surface area contributed by atoms with E-state index in [0.717, 1.165) is 11.3 Å². The monoisotopic (exact) mass is 368 g/mol. The van der Waals surface area contributed by atoms with Crippen molar-refractivity contribution in [2.75, 3.05) is 13.2 Å². The van der Waals surface area contributed by atoms with Gasteiger partial charge in [-0.15, -0.1) is 5.10 Å². The number of nitrogens with one attached hydrogen (secondary N) is 1. The zero-order valence-electron chi connectivity index (χ0n) is 15.2. The van der Waals surface area contributed by atoms with Crippen LogP contribution >= 0.6 is 0 Å². The number of nitrogens with zero attached hydrogens (tertiary/aromatic N) is 3. The van der Waals surface area contributed by atoms with Crippen LogP contribution in [0.3, 0.4) is 0 Å². The molecule has 140 valence electrons. The Morgan fingerprint density at radius 3 is 2.85 bits per heavy atom. The van der Waals surface area contributed by atoms with Crippen LogP contribution in [0.5, 0.6) is 5.75 Å². The molecule has 0 spiro atoms. The summed E-state index contributed by atoms with van der Waals surface area (Å²) in [6.45, 7) is 4.42. The van der Waals surface area contributed by atoms with Crippen molar-refractivity contribution in [1.82, 2.24) is 20.3 Å². The summed E-state index contributed by atoms with van der Waals surface area (Å²) in [6.07, 6.45) is 1.56. The molecule has 1 aromatic heterocycles. The molecule has 0 aliphatic heterocycles. The van der Waals surface area contributed by atoms with Gasteiger partial charge in [0.15, 0.2) is 0 Å². The molecule has 0 bridgehead atoms. The van der Waals surface area contributed by atoms with Gasteiger partial charge in [0.2, 0.25) is 5.91 Å². The van der Waals surface area contributed by atoms with Gasteiger partial charge in [-0.1, -0.05) is 29.5 Å². The first-order valence-electron chi connectivity index (χ1n) is 8.68. The zero-order valence-corrected chi connectivity index (χ0v) is 15.2. The first-order valence-corrected chi connectivity index (χ1v) is 8.68. The lowest BCUT2D eigenvalue weighted by molar-refractivity contribution is -0.124. The predicted molar refractivity (Wildman–Crippen MR) is 99.8 cm³/mol. The predicted octanol–water partition coefficient (Wildman–Crippen LogP) is 3.15. The Morgan fingerprint density at radius 1 is 1.26 bits per heavy atom. The Balaban J connectivity index is 1.52. The minimum absolute atomic E-state index is 0.215. The molecular formula is C20H21FN4O2. The second kappa shape index (κ2) is 8.44. The number of benzene rings is 2. The number of amides is 1. The molecule has 0 saturated heterocycles. The lowest BCUT2D eigenvalue weighted by Crippen LogP contribution is -2.34. The van der Waals surface area contributed by atoms with E-state index in [4.69, 9.17) is 4.74 Å². The van der Waals surface area contributed by atoms with E-state index in [1.54, 1.807) is 31.3 Å². The molecule has 0 aliphatic rings. The SMILES string of the molecule is Cc1cccc(OCCNC(=O)C(C)n2cc(-c3ccccc3F)nn2)c1. The molecular weight excluding hydrogens is 347 g/mol. The maximum atomic E-state index is 13.8. The topological polar surface area (TPSA) is 69.0 Å². The fraction of sp³-hybridized carbons (Fsp3) is 0.250. The molecule has 1 N–H and O–H groups in total. The molecule has 1 heterocycles. The second-order valence-corrected chi connectivity index (χ2v) is 6.20. The van der Waals surface area contributed by atoms with Crippen LogP contribution in [0.2, 0.25) is 0 Å². The van der Waals surface area contributed by atoms with Crippen LogP contribution in [-0.4, -0.2) is 34.1 Å². The van der Waals surface area contributed by atoms with Crippen molar-refractivity contribution in [3.63, 3.8) is 0 Å². The van der Waals surface area contributed by atoms with E-state index >= 15 is 0 Å². The molecule has 0 radical (unpaired) electrons. The van der Waals surface area contributed by atoms with Gasteiger partial charge in [0.1, 0.15) is 29.9 Å². The Kier molecular flexibility index (Phi) is 5.80. The summed E-state index contributed by atoms with van der Waals surface area (Å²) in [7, 11) is 0. The third kappa shape index (κ3) is 4.69. The number of aryl methyl sites for hydroxylation is 1. The van der Waals surface area contributed by atoms with Crippen LogP contribution in [-0.2, 0) is 4.79 Å². The first kappa shape index (κ1) is 18.6. The van der Waals surface area contributed by atoms with Crippen LogP contribution in [0, 0.1) is 12.7 Å². The van der Waals surface area contributed by atoms with Gasteiger partial charge in [0, 0.05) is 5.56 Å². The molecule has 2 aromatic carbocycles. The van der Waals surface area contributed by atoms with Crippen LogP contribution in [0.4, 0.5) is 4.39 Å². The van der Waals surface area contributed by atoms with Gasteiger partial charge in [-0.2, -0.15) is 0 Å². The number of carbonyl (C=O) groups excluding carboxylic acids is 1. The fourth-order valence-corrected chi connectivity index (χ4v) is 2.57. The van der Waals surface area contributed by atoms with Gasteiger partial charge in [-0.05, 0) is 43.7 Å². The van der Waals surface area contributed by atoms with Crippen LogP contribution in [0.15, 0.2) is 54.7 Å². The van der Waals surface area contributed by atoms with Crippen molar-refractivity contribution in [3.05, 3.63) is 66.1 Å². The largest absolute Gasteiger partial charge is 0.492 e. The van der Waals surface area contributed by atoms with Crippen molar-refractivity contribution < 1.29 is 13.9 Å². The first-order chi connectivity index (χ1) is 13.0. The van der Waals surface area contributed by atoms with Crippen LogP contribution in [0.25, 0.3) is 11.3 Å². The highest BCUT2D eigenvalue weighted by molar-refractivity contribution is 5.79. The van der Waals surface area contributed by atoms with E-state index in [-0.39, 0.29) is 11.7 Å². The van der Waals surface area contributed by atoms with E-state index in [9.17, 15) is 9.18 Å². The Bertz CT molecular complexity index is 926. The number of hydrogen-bond donors (Lipinski definition) is 1. The van der Waals surface area contributed by atoms with Crippen molar-refractivity contribution in [3.8, 4) is 17.0 Å². The van der Waals surface area contributed by atoms with Gasteiger partial charge >= 0.3 is 0 Å². The lowest BCUT2D eigenvalue weighted by Gasteiger charge is -2.12. The zero-order chi connectivity index (χ0) is 19.2. The summed E-state index contributed by atoms with van der Waals surface area (Å²) in [6, 6.07) is 13.5. The molecule has 1 unspecified atom stereocenters.